The molecule has 3 nitrogen and oxygen atoms in total. The summed E-state index contributed by atoms with van der Waals surface area (Å²) in [6.45, 7) is 3.66. The second kappa shape index (κ2) is 4.76. The van der Waals surface area contributed by atoms with Gasteiger partial charge in [0.1, 0.15) is 5.82 Å². The molecule has 1 aromatic carbocycles. The zero-order valence-electron chi connectivity index (χ0n) is 13.4. The molecule has 4 aliphatic heterocycles. The largest absolute Gasteiger partial charge is 0.358 e. The Bertz CT molecular complexity index is 716. The van der Waals surface area contributed by atoms with Gasteiger partial charge in [-0.1, -0.05) is 24.6 Å². The predicted octanol–water partition coefficient (Wildman–Crippen LogP) is 3.69. The predicted molar refractivity (Wildman–Crippen MR) is 91.7 cm³/mol. The third-order valence-electron chi connectivity index (χ3n) is 6.14. The second-order valence-corrected chi connectivity index (χ2v) is 7.30. The molecule has 5 heterocycles. The van der Waals surface area contributed by atoms with Gasteiger partial charge in [0.05, 0.1) is 5.52 Å². The molecular formula is C19H25N3. The molecule has 4 aliphatic rings. The zero-order valence-corrected chi connectivity index (χ0v) is 13.4. The molecule has 2 fully saturated rings. The van der Waals surface area contributed by atoms with Crippen LogP contribution in [0.15, 0.2) is 18.2 Å². The minimum absolute atomic E-state index is 0.542. The number of benzene rings is 1. The maximum Gasteiger partial charge on any atom is 0.112 e. The summed E-state index contributed by atoms with van der Waals surface area (Å²) in [6.07, 6.45) is 6.65. The molecule has 6 rings (SSSR count). The first kappa shape index (κ1) is 13.0. The number of nitrogens with zero attached hydrogens (tertiary/aromatic N) is 2. The van der Waals surface area contributed by atoms with Crippen molar-refractivity contribution in [3.05, 3.63) is 29.3 Å². The van der Waals surface area contributed by atoms with Crippen LogP contribution in [0.4, 0.5) is 5.82 Å². The Labute approximate surface area is 132 Å². The quantitative estimate of drug-likeness (QED) is 0.866. The summed E-state index contributed by atoms with van der Waals surface area (Å²) in [5.41, 5.74) is 4.66. The van der Waals surface area contributed by atoms with Crippen molar-refractivity contribution < 1.29 is 0 Å². The number of anilines is 1. The summed E-state index contributed by atoms with van der Waals surface area (Å²) >= 11 is 0. The summed E-state index contributed by atoms with van der Waals surface area (Å²) in [4.78, 5) is 2.62. The molecule has 1 unspecified atom stereocenters. The van der Waals surface area contributed by atoms with E-state index in [1.807, 2.05) is 0 Å². The van der Waals surface area contributed by atoms with Crippen LogP contribution >= 0.6 is 0 Å². The highest BCUT2D eigenvalue weighted by Gasteiger charge is 2.36. The summed E-state index contributed by atoms with van der Waals surface area (Å²) in [6, 6.07) is 7.54. The molecule has 116 valence electrons. The number of aryl methyl sites for hydroxylation is 1. The number of nitrogens with one attached hydrogen (secondary N) is 1. The molecule has 3 heteroatoms. The van der Waals surface area contributed by atoms with Gasteiger partial charge in [0.25, 0.3) is 0 Å². The van der Waals surface area contributed by atoms with E-state index >= 15 is 0 Å². The van der Waals surface area contributed by atoms with E-state index in [2.05, 4.69) is 40.0 Å². The van der Waals surface area contributed by atoms with Crippen molar-refractivity contribution >= 4 is 16.7 Å². The number of piperidine rings is 2. The van der Waals surface area contributed by atoms with Gasteiger partial charge < -0.3 is 14.8 Å². The second-order valence-electron chi connectivity index (χ2n) is 7.30. The van der Waals surface area contributed by atoms with E-state index in [4.69, 9.17) is 0 Å². The summed E-state index contributed by atoms with van der Waals surface area (Å²) in [5, 5.41) is 5.27. The van der Waals surface area contributed by atoms with Gasteiger partial charge in [0.2, 0.25) is 0 Å². The molecule has 1 atom stereocenters. The van der Waals surface area contributed by atoms with Crippen LogP contribution in [-0.4, -0.2) is 24.2 Å². The molecule has 0 radical (unpaired) electrons. The summed E-state index contributed by atoms with van der Waals surface area (Å²) in [7, 11) is 2.29. The molecule has 0 saturated carbocycles. The van der Waals surface area contributed by atoms with Gasteiger partial charge in [0.15, 0.2) is 0 Å². The Morgan fingerprint density at radius 1 is 1.09 bits per heavy atom. The lowest BCUT2D eigenvalue weighted by Crippen LogP contribution is -2.39. The minimum Gasteiger partial charge on any atom is -0.358 e. The lowest BCUT2D eigenvalue weighted by atomic mass is 9.84. The average Bonchev–Trinajstić information content (AvgIpc) is 2.92. The van der Waals surface area contributed by atoms with Gasteiger partial charge in [0, 0.05) is 37.1 Å². The fraction of sp³-hybridized carbons (Fsp3) is 0.579. The highest BCUT2D eigenvalue weighted by atomic mass is 15.3. The third-order valence-corrected chi connectivity index (χ3v) is 6.14. The van der Waals surface area contributed by atoms with E-state index < -0.39 is 0 Å². The van der Waals surface area contributed by atoms with Crippen molar-refractivity contribution in [2.24, 2.45) is 7.05 Å². The van der Waals surface area contributed by atoms with Gasteiger partial charge in [-0.3, -0.25) is 0 Å². The van der Waals surface area contributed by atoms with Crippen molar-refractivity contribution in [1.29, 1.82) is 0 Å². The number of aromatic nitrogens is 1. The monoisotopic (exact) mass is 295 g/mol. The first-order valence-corrected chi connectivity index (χ1v) is 8.94. The van der Waals surface area contributed by atoms with E-state index in [0.29, 0.717) is 6.04 Å². The lowest BCUT2D eigenvalue weighted by Gasteiger charge is -2.41. The average molecular weight is 295 g/mol. The first-order chi connectivity index (χ1) is 10.8. The van der Waals surface area contributed by atoms with E-state index in [0.717, 1.165) is 5.92 Å². The number of hydrogen-bond acceptors (Lipinski definition) is 2. The molecule has 2 bridgehead atoms. The van der Waals surface area contributed by atoms with Crippen LogP contribution < -0.4 is 10.2 Å². The van der Waals surface area contributed by atoms with Gasteiger partial charge in [-0.25, -0.2) is 0 Å². The van der Waals surface area contributed by atoms with Crippen molar-refractivity contribution in [3.63, 3.8) is 0 Å². The maximum absolute atomic E-state index is 3.75. The third kappa shape index (κ3) is 1.66. The number of rotatable bonds is 1. The maximum atomic E-state index is 3.75. The van der Waals surface area contributed by atoms with E-state index in [-0.39, 0.29) is 0 Å². The molecule has 0 aliphatic carbocycles. The van der Waals surface area contributed by atoms with Gasteiger partial charge in [-0.15, -0.1) is 0 Å². The van der Waals surface area contributed by atoms with E-state index in [1.54, 1.807) is 5.56 Å². The molecule has 1 N–H and O–H groups in total. The van der Waals surface area contributed by atoms with Crippen LogP contribution in [0.1, 0.15) is 55.2 Å². The van der Waals surface area contributed by atoms with Crippen molar-refractivity contribution in [2.75, 3.05) is 24.5 Å². The fourth-order valence-electron chi connectivity index (χ4n) is 5.12. The Hall–Kier alpha value is -1.48. The normalized spacial score (nSPS) is 25.0. The van der Waals surface area contributed by atoms with Crippen LogP contribution in [0.3, 0.4) is 0 Å². The number of hydrogen-bond donors (Lipinski definition) is 1. The topological polar surface area (TPSA) is 20.2 Å². The van der Waals surface area contributed by atoms with Crippen molar-refractivity contribution in [1.82, 2.24) is 9.88 Å². The Kier molecular flexibility index (Phi) is 2.81. The van der Waals surface area contributed by atoms with E-state index in [9.17, 15) is 0 Å². The molecule has 0 spiro atoms. The number of fused-ring (bicyclic) bond motifs is 3. The lowest BCUT2D eigenvalue weighted by molar-refractivity contribution is 0.413. The van der Waals surface area contributed by atoms with Crippen LogP contribution in [0.2, 0.25) is 0 Å². The standard InChI is InChI=1S/C19H25N3/c1-21-18-14(16-7-2-3-10-20-16)5-4-6-15(18)17-13-8-11-22(12-9-13)19(17)21/h4-6,13,16,20H,2-3,7-12H2,1H3. The van der Waals surface area contributed by atoms with Crippen LogP contribution in [0, 0.1) is 0 Å². The Morgan fingerprint density at radius 2 is 1.95 bits per heavy atom. The first-order valence-electron chi connectivity index (χ1n) is 8.94. The summed E-state index contributed by atoms with van der Waals surface area (Å²) in [5.74, 6) is 2.30. The molecule has 2 saturated heterocycles. The smallest absolute Gasteiger partial charge is 0.112 e. The SMILES string of the molecule is Cn1c2c(c3cccc(C4CCCCN4)c31)C1CCN2CC1. The van der Waals surface area contributed by atoms with Crippen molar-refractivity contribution in [3.8, 4) is 0 Å². The van der Waals surface area contributed by atoms with Gasteiger partial charge in [-0.2, -0.15) is 0 Å². The molecule has 2 aromatic rings. The molecule has 22 heavy (non-hydrogen) atoms. The molecule has 1 aromatic heterocycles. The number of para-hydroxylation sites is 1. The summed E-state index contributed by atoms with van der Waals surface area (Å²) < 4.78 is 2.50. The van der Waals surface area contributed by atoms with Crippen LogP contribution in [0.5, 0.6) is 0 Å². The zero-order chi connectivity index (χ0) is 14.7. The van der Waals surface area contributed by atoms with Crippen LogP contribution in [0.25, 0.3) is 10.9 Å². The molecular weight excluding hydrogens is 270 g/mol. The van der Waals surface area contributed by atoms with Gasteiger partial charge >= 0.3 is 0 Å². The highest BCUT2D eigenvalue weighted by molar-refractivity contribution is 5.94. The van der Waals surface area contributed by atoms with Gasteiger partial charge in [-0.05, 0) is 43.7 Å². The van der Waals surface area contributed by atoms with Crippen molar-refractivity contribution in [2.45, 2.75) is 44.1 Å². The fourth-order valence-corrected chi connectivity index (χ4v) is 5.12. The minimum atomic E-state index is 0.542. The molecule has 0 amide bonds. The van der Waals surface area contributed by atoms with Crippen LogP contribution in [-0.2, 0) is 7.05 Å². The highest BCUT2D eigenvalue weighted by Crippen LogP contribution is 2.48. The Balaban J connectivity index is 1.75. The van der Waals surface area contributed by atoms with E-state index in [1.165, 1.54) is 74.0 Å². The Morgan fingerprint density at radius 3 is 2.73 bits per heavy atom.